The number of hydrogen-bond donors (Lipinski definition) is 0. The highest BCUT2D eigenvalue weighted by molar-refractivity contribution is 9.10. The molecule has 1 aromatic heterocycles. The Kier molecular flexibility index (Phi) is 2.36. The molecule has 1 aromatic carbocycles. The third-order valence-corrected chi connectivity index (χ3v) is 2.42. The summed E-state index contributed by atoms with van der Waals surface area (Å²) in [7, 11) is 0. The lowest BCUT2D eigenvalue weighted by atomic mass is 10.1. The molecule has 2 rings (SSSR count). The van der Waals surface area contributed by atoms with E-state index in [1.165, 1.54) is 0 Å². The summed E-state index contributed by atoms with van der Waals surface area (Å²) in [6.07, 6.45) is 3.29. The van der Waals surface area contributed by atoms with Gasteiger partial charge >= 0.3 is 0 Å². The van der Waals surface area contributed by atoms with E-state index < -0.39 is 0 Å². The highest BCUT2D eigenvalue weighted by Gasteiger charge is 2.01. The molecular weight excluding hydrogens is 228 g/mol. The molecule has 0 unspecified atom stereocenters. The van der Waals surface area contributed by atoms with E-state index in [2.05, 4.69) is 25.9 Å². The van der Waals surface area contributed by atoms with E-state index in [1.54, 1.807) is 12.5 Å². The van der Waals surface area contributed by atoms with E-state index in [4.69, 9.17) is 0 Å². The monoisotopic (exact) mass is 234 g/mol. The molecule has 0 amide bonds. The largest absolute Gasteiger partial charge is 0.245 e. The minimum Gasteiger partial charge on any atom is -0.245 e. The zero-order valence-electron chi connectivity index (χ0n) is 6.81. The Morgan fingerprint density at radius 2 is 1.92 bits per heavy atom. The number of benzene rings is 1. The molecule has 0 aliphatic rings. The Labute approximate surface area is 84.8 Å². The van der Waals surface area contributed by atoms with Gasteiger partial charge in [0.05, 0.1) is 5.69 Å². The second-order valence-corrected chi connectivity index (χ2v) is 3.43. The third kappa shape index (κ3) is 1.75. The van der Waals surface area contributed by atoms with Crippen LogP contribution in [0, 0.1) is 0 Å². The van der Waals surface area contributed by atoms with Crippen molar-refractivity contribution in [2.75, 3.05) is 0 Å². The molecule has 0 fully saturated rings. The van der Waals surface area contributed by atoms with Crippen molar-refractivity contribution in [1.82, 2.24) is 9.97 Å². The third-order valence-electron chi connectivity index (χ3n) is 1.73. The maximum atomic E-state index is 4.17. The zero-order chi connectivity index (χ0) is 9.10. The Hall–Kier alpha value is -1.22. The predicted molar refractivity (Wildman–Crippen MR) is 55.2 cm³/mol. The second-order valence-electron chi connectivity index (χ2n) is 2.57. The van der Waals surface area contributed by atoms with Gasteiger partial charge in [0, 0.05) is 16.2 Å². The molecule has 0 spiro atoms. The number of aromatic nitrogens is 2. The first kappa shape index (κ1) is 8.38. The number of nitrogens with zero attached hydrogens (tertiary/aromatic N) is 2. The van der Waals surface area contributed by atoms with E-state index in [1.807, 2.05) is 30.3 Å². The van der Waals surface area contributed by atoms with Crippen molar-refractivity contribution in [3.8, 4) is 11.3 Å². The fourth-order valence-corrected chi connectivity index (χ4v) is 1.61. The fourth-order valence-electron chi connectivity index (χ4n) is 1.12. The minimum atomic E-state index is 0.933. The molecule has 2 nitrogen and oxygen atoms in total. The molecule has 13 heavy (non-hydrogen) atoms. The van der Waals surface area contributed by atoms with Gasteiger partial charge in [-0.05, 0) is 12.1 Å². The van der Waals surface area contributed by atoms with Gasteiger partial charge in [0.25, 0.3) is 0 Å². The number of hydrogen-bond acceptors (Lipinski definition) is 2. The highest BCUT2D eigenvalue weighted by atomic mass is 79.9. The van der Waals surface area contributed by atoms with Crippen LogP contribution in [-0.2, 0) is 0 Å². The van der Waals surface area contributed by atoms with Crippen LogP contribution in [0.4, 0.5) is 0 Å². The van der Waals surface area contributed by atoms with Gasteiger partial charge < -0.3 is 0 Å². The van der Waals surface area contributed by atoms with Crippen molar-refractivity contribution in [3.05, 3.63) is 47.3 Å². The van der Waals surface area contributed by atoms with E-state index in [0.717, 1.165) is 15.7 Å². The highest BCUT2D eigenvalue weighted by Crippen LogP contribution is 2.25. The van der Waals surface area contributed by atoms with Gasteiger partial charge in [0.1, 0.15) is 6.33 Å². The van der Waals surface area contributed by atoms with Crippen molar-refractivity contribution in [3.63, 3.8) is 0 Å². The summed E-state index contributed by atoms with van der Waals surface area (Å²) in [6.45, 7) is 0. The molecule has 0 saturated heterocycles. The van der Waals surface area contributed by atoms with Crippen LogP contribution in [0.5, 0.6) is 0 Å². The van der Waals surface area contributed by atoms with Crippen LogP contribution in [0.1, 0.15) is 0 Å². The van der Waals surface area contributed by atoms with E-state index in [9.17, 15) is 0 Å². The summed E-state index contributed by atoms with van der Waals surface area (Å²) >= 11 is 3.47. The summed E-state index contributed by atoms with van der Waals surface area (Å²) in [5, 5.41) is 0. The molecular formula is C10H7BrN2. The summed E-state index contributed by atoms with van der Waals surface area (Å²) < 4.78 is 1.05. The Bertz CT molecular complexity index is 401. The topological polar surface area (TPSA) is 25.8 Å². The second kappa shape index (κ2) is 3.66. The molecule has 1 heterocycles. The zero-order valence-corrected chi connectivity index (χ0v) is 8.40. The van der Waals surface area contributed by atoms with Crippen molar-refractivity contribution in [2.24, 2.45) is 0 Å². The molecule has 2 aromatic rings. The Morgan fingerprint density at radius 3 is 2.62 bits per heavy atom. The van der Waals surface area contributed by atoms with Crippen molar-refractivity contribution >= 4 is 15.9 Å². The average Bonchev–Trinajstić information content (AvgIpc) is 2.20. The van der Waals surface area contributed by atoms with E-state index in [0.29, 0.717) is 0 Å². The normalized spacial score (nSPS) is 9.92. The van der Waals surface area contributed by atoms with Gasteiger partial charge in [0.2, 0.25) is 0 Å². The summed E-state index contributed by atoms with van der Waals surface area (Å²) in [5.74, 6) is 0. The van der Waals surface area contributed by atoms with Gasteiger partial charge in [-0.1, -0.05) is 34.1 Å². The molecule has 0 N–H and O–H groups in total. The lowest BCUT2D eigenvalue weighted by Gasteiger charge is -2.01. The first-order valence-electron chi connectivity index (χ1n) is 3.89. The minimum absolute atomic E-state index is 0.933. The van der Waals surface area contributed by atoms with Gasteiger partial charge in [0.15, 0.2) is 0 Å². The lowest BCUT2D eigenvalue weighted by molar-refractivity contribution is 1.17. The van der Waals surface area contributed by atoms with Crippen molar-refractivity contribution in [2.45, 2.75) is 0 Å². The summed E-state index contributed by atoms with van der Waals surface area (Å²) in [6, 6.07) is 9.88. The lowest BCUT2D eigenvalue weighted by Crippen LogP contribution is -1.84. The van der Waals surface area contributed by atoms with Crippen molar-refractivity contribution < 1.29 is 0 Å². The van der Waals surface area contributed by atoms with Crippen LogP contribution in [0.3, 0.4) is 0 Å². The molecule has 0 atom stereocenters. The Balaban J connectivity index is 2.54. The summed E-state index contributed by atoms with van der Waals surface area (Å²) in [5.41, 5.74) is 2.02. The van der Waals surface area contributed by atoms with Crippen LogP contribution in [0.25, 0.3) is 11.3 Å². The predicted octanol–water partition coefficient (Wildman–Crippen LogP) is 2.91. The van der Waals surface area contributed by atoms with E-state index >= 15 is 0 Å². The molecule has 0 radical (unpaired) electrons. The van der Waals surface area contributed by atoms with Gasteiger partial charge in [-0.3, -0.25) is 0 Å². The van der Waals surface area contributed by atoms with Crippen molar-refractivity contribution in [1.29, 1.82) is 0 Å². The SMILES string of the molecule is Brc1ccccc1-c1ccncn1. The molecule has 3 heteroatoms. The molecule has 0 bridgehead atoms. The average molecular weight is 235 g/mol. The summed E-state index contributed by atoms with van der Waals surface area (Å²) in [4.78, 5) is 8.04. The first-order chi connectivity index (χ1) is 6.38. The molecule has 0 saturated carbocycles. The van der Waals surface area contributed by atoms with Gasteiger partial charge in [-0.25, -0.2) is 9.97 Å². The molecule has 0 aliphatic heterocycles. The quantitative estimate of drug-likeness (QED) is 0.759. The maximum absolute atomic E-state index is 4.17. The van der Waals surface area contributed by atoms with Crippen LogP contribution in [0.15, 0.2) is 47.3 Å². The molecule has 64 valence electrons. The van der Waals surface area contributed by atoms with Crippen LogP contribution >= 0.6 is 15.9 Å². The standard InChI is InChI=1S/C10H7BrN2/c11-9-4-2-1-3-8(9)10-5-6-12-7-13-10/h1-7H. The smallest absolute Gasteiger partial charge is 0.116 e. The van der Waals surface area contributed by atoms with Gasteiger partial charge in [-0.15, -0.1) is 0 Å². The van der Waals surface area contributed by atoms with Crippen LogP contribution in [-0.4, -0.2) is 9.97 Å². The van der Waals surface area contributed by atoms with Crippen LogP contribution in [0.2, 0.25) is 0 Å². The first-order valence-corrected chi connectivity index (χ1v) is 4.68. The van der Waals surface area contributed by atoms with Gasteiger partial charge in [-0.2, -0.15) is 0 Å². The van der Waals surface area contributed by atoms with E-state index in [-0.39, 0.29) is 0 Å². The fraction of sp³-hybridized carbons (Fsp3) is 0. The molecule has 0 aliphatic carbocycles. The van der Waals surface area contributed by atoms with Crippen LogP contribution < -0.4 is 0 Å². The maximum Gasteiger partial charge on any atom is 0.116 e. The Morgan fingerprint density at radius 1 is 1.08 bits per heavy atom. The number of halogens is 1. The number of rotatable bonds is 1.